The molecule has 7 heteroatoms. The molecule has 0 spiro atoms. The Labute approximate surface area is 163 Å². The Morgan fingerprint density at radius 2 is 1.71 bits per heavy atom. The highest BCUT2D eigenvalue weighted by Crippen LogP contribution is 2.24. The maximum atomic E-state index is 12.9. The molecule has 0 radical (unpaired) electrons. The number of hydrogen-bond acceptors (Lipinski definition) is 6. The van der Waals surface area contributed by atoms with E-state index in [-0.39, 0.29) is 5.91 Å². The van der Waals surface area contributed by atoms with Crippen molar-refractivity contribution in [1.29, 1.82) is 0 Å². The van der Waals surface area contributed by atoms with E-state index >= 15 is 0 Å². The van der Waals surface area contributed by atoms with E-state index in [1.54, 1.807) is 32.4 Å². The zero-order valence-electron chi connectivity index (χ0n) is 16.1. The van der Waals surface area contributed by atoms with Crippen LogP contribution >= 0.6 is 0 Å². The fourth-order valence-corrected chi connectivity index (χ4v) is 3.49. The predicted octanol–water partition coefficient (Wildman–Crippen LogP) is 2.80. The van der Waals surface area contributed by atoms with Gasteiger partial charge in [-0.05, 0) is 24.3 Å². The Morgan fingerprint density at radius 1 is 1.04 bits per heavy atom. The van der Waals surface area contributed by atoms with Crippen LogP contribution in [0.3, 0.4) is 0 Å². The highest BCUT2D eigenvalue weighted by Gasteiger charge is 2.24. The molecule has 1 fully saturated rings. The molecule has 7 nitrogen and oxygen atoms in total. The summed E-state index contributed by atoms with van der Waals surface area (Å²) >= 11 is 0. The van der Waals surface area contributed by atoms with E-state index in [1.807, 2.05) is 29.2 Å². The van der Waals surface area contributed by atoms with Crippen LogP contribution in [0.15, 0.2) is 47.0 Å². The van der Waals surface area contributed by atoms with Gasteiger partial charge in [0.2, 0.25) is 0 Å². The number of amides is 1. The van der Waals surface area contributed by atoms with Crippen LogP contribution in [0, 0.1) is 0 Å². The van der Waals surface area contributed by atoms with E-state index in [1.165, 1.54) is 0 Å². The lowest BCUT2D eigenvalue weighted by Gasteiger charge is -2.34. The molecule has 0 atom stereocenters. The SMILES string of the molecule is COc1cc(OC)cc(C(=O)N2CCN(Cc3noc4ccccc34)CC2)c1. The third-order valence-corrected chi connectivity index (χ3v) is 5.08. The van der Waals surface area contributed by atoms with Gasteiger partial charge in [0, 0.05) is 49.7 Å². The molecule has 0 aliphatic carbocycles. The highest BCUT2D eigenvalue weighted by molar-refractivity contribution is 5.95. The van der Waals surface area contributed by atoms with Gasteiger partial charge in [0.15, 0.2) is 5.58 Å². The summed E-state index contributed by atoms with van der Waals surface area (Å²) in [4.78, 5) is 17.1. The average molecular weight is 381 g/mol. The Hall–Kier alpha value is -3.06. The monoisotopic (exact) mass is 381 g/mol. The zero-order valence-corrected chi connectivity index (χ0v) is 16.1. The van der Waals surface area contributed by atoms with Crippen molar-refractivity contribution < 1.29 is 18.8 Å². The fraction of sp³-hybridized carbons (Fsp3) is 0.333. The van der Waals surface area contributed by atoms with Crippen molar-refractivity contribution in [3.8, 4) is 11.5 Å². The summed E-state index contributed by atoms with van der Waals surface area (Å²) in [5, 5.41) is 5.25. The topological polar surface area (TPSA) is 68.0 Å². The van der Waals surface area contributed by atoms with E-state index in [0.717, 1.165) is 29.8 Å². The second-order valence-electron chi connectivity index (χ2n) is 6.80. The molecule has 0 bridgehead atoms. The largest absolute Gasteiger partial charge is 0.497 e. The molecule has 1 amide bonds. The number of carbonyl (C=O) groups is 1. The molecule has 0 unspecified atom stereocenters. The van der Waals surface area contributed by atoms with Gasteiger partial charge < -0.3 is 18.9 Å². The summed E-state index contributed by atoms with van der Waals surface area (Å²) in [5.41, 5.74) is 2.32. The number of ether oxygens (including phenoxy) is 2. The van der Waals surface area contributed by atoms with Crippen molar-refractivity contribution in [2.75, 3.05) is 40.4 Å². The number of methoxy groups -OCH3 is 2. The first kappa shape index (κ1) is 18.3. The fourth-order valence-electron chi connectivity index (χ4n) is 3.49. The second kappa shape index (κ2) is 7.90. The van der Waals surface area contributed by atoms with Gasteiger partial charge >= 0.3 is 0 Å². The maximum absolute atomic E-state index is 12.9. The lowest BCUT2D eigenvalue weighted by molar-refractivity contribution is 0.0625. The van der Waals surface area contributed by atoms with Crippen LogP contribution in [0.25, 0.3) is 11.0 Å². The summed E-state index contributed by atoms with van der Waals surface area (Å²) in [6, 6.07) is 13.1. The normalized spacial score (nSPS) is 15.0. The lowest BCUT2D eigenvalue weighted by Crippen LogP contribution is -2.48. The lowest BCUT2D eigenvalue weighted by atomic mass is 10.1. The summed E-state index contributed by atoms with van der Waals surface area (Å²) < 4.78 is 15.9. The number of aromatic nitrogens is 1. The quantitative estimate of drug-likeness (QED) is 0.677. The van der Waals surface area contributed by atoms with Crippen molar-refractivity contribution in [2.24, 2.45) is 0 Å². The number of hydrogen-bond donors (Lipinski definition) is 0. The van der Waals surface area contributed by atoms with Gasteiger partial charge in [0.05, 0.1) is 14.2 Å². The Balaban J connectivity index is 1.40. The minimum Gasteiger partial charge on any atom is -0.497 e. The highest BCUT2D eigenvalue weighted by atomic mass is 16.5. The van der Waals surface area contributed by atoms with Crippen LogP contribution in [-0.2, 0) is 6.54 Å². The van der Waals surface area contributed by atoms with Gasteiger partial charge in [-0.1, -0.05) is 17.3 Å². The molecule has 0 saturated carbocycles. The number of nitrogens with zero attached hydrogens (tertiary/aromatic N) is 3. The molecule has 1 saturated heterocycles. The van der Waals surface area contributed by atoms with Crippen LogP contribution in [-0.4, -0.2) is 61.3 Å². The molecule has 2 aromatic carbocycles. The standard InChI is InChI=1S/C21H23N3O4/c1-26-16-11-15(12-17(13-16)27-2)21(25)24-9-7-23(8-10-24)14-19-18-5-3-4-6-20(18)28-22-19/h3-6,11-13H,7-10,14H2,1-2H3. The molecule has 146 valence electrons. The number of piperazine rings is 1. The van der Waals surface area contributed by atoms with Crippen molar-refractivity contribution in [1.82, 2.24) is 15.0 Å². The third-order valence-electron chi connectivity index (χ3n) is 5.08. The van der Waals surface area contributed by atoms with Crippen LogP contribution in [0.5, 0.6) is 11.5 Å². The van der Waals surface area contributed by atoms with Gasteiger partial charge in [-0.15, -0.1) is 0 Å². The zero-order chi connectivity index (χ0) is 19.5. The molecule has 4 rings (SSSR count). The van der Waals surface area contributed by atoms with Gasteiger partial charge in [0.25, 0.3) is 5.91 Å². The summed E-state index contributed by atoms with van der Waals surface area (Å²) in [5.74, 6) is 1.21. The van der Waals surface area contributed by atoms with Gasteiger partial charge in [-0.2, -0.15) is 0 Å². The first-order valence-electron chi connectivity index (χ1n) is 9.26. The van der Waals surface area contributed by atoms with Gasteiger partial charge in [-0.25, -0.2) is 0 Å². The van der Waals surface area contributed by atoms with E-state index < -0.39 is 0 Å². The van der Waals surface area contributed by atoms with Gasteiger partial charge in [-0.3, -0.25) is 9.69 Å². The molecule has 3 aromatic rings. The van der Waals surface area contributed by atoms with E-state index in [0.29, 0.717) is 36.7 Å². The van der Waals surface area contributed by atoms with Crippen LogP contribution < -0.4 is 9.47 Å². The van der Waals surface area contributed by atoms with Crippen molar-refractivity contribution in [3.63, 3.8) is 0 Å². The molecule has 28 heavy (non-hydrogen) atoms. The molecule has 1 aliphatic rings. The van der Waals surface area contributed by atoms with E-state index in [4.69, 9.17) is 14.0 Å². The predicted molar refractivity (Wildman–Crippen MR) is 105 cm³/mol. The maximum Gasteiger partial charge on any atom is 0.254 e. The van der Waals surface area contributed by atoms with Crippen molar-refractivity contribution >= 4 is 16.9 Å². The number of fused-ring (bicyclic) bond motifs is 1. The minimum absolute atomic E-state index is 0.0104. The molecule has 1 aromatic heterocycles. The molecular weight excluding hydrogens is 358 g/mol. The molecule has 2 heterocycles. The first-order valence-corrected chi connectivity index (χ1v) is 9.26. The number of para-hydroxylation sites is 1. The van der Waals surface area contributed by atoms with Crippen LogP contribution in [0.2, 0.25) is 0 Å². The van der Waals surface area contributed by atoms with E-state index in [9.17, 15) is 4.79 Å². The number of carbonyl (C=O) groups excluding carboxylic acids is 1. The molecular formula is C21H23N3O4. The smallest absolute Gasteiger partial charge is 0.254 e. The summed E-state index contributed by atoms with van der Waals surface area (Å²) in [6.07, 6.45) is 0. The molecule has 0 N–H and O–H groups in total. The van der Waals surface area contributed by atoms with Crippen molar-refractivity contribution in [3.05, 3.63) is 53.7 Å². The number of benzene rings is 2. The van der Waals surface area contributed by atoms with E-state index in [2.05, 4.69) is 10.1 Å². The Kier molecular flexibility index (Phi) is 5.16. The van der Waals surface area contributed by atoms with Gasteiger partial charge in [0.1, 0.15) is 17.2 Å². The summed E-state index contributed by atoms with van der Waals surface area (Å²) in [6.45, 7) is 3.61. The number of rotatable bonds is 5. The first-order chi connectivity index (χ1) is 13.7. The Bertz CT molecular complexity index is 954. The third kappa shape index (κ3) is 3.66. The molecule has 1 aliphatic heterocycles. The Morgan fingerprint density at radius 3 is 2.39 bits per heavy atom. The van der Waals surface area contributed by atoms with Crippen LogP contribution in [0.4, 0.5) is 0 Å². The van der Waals surface area contributed by atoms with Crippen LogP contribution in [0.1, 0.15) is 16.1 Å². The second-order valence-corrected chi connectivity index (χ2v) is 6.80. The summed E-state index contributed by atoms with van der Waals surface area (Å²) in [7, 11) is 3.16. The van der Waals surface area contributed by atoms with Crippen molar-refractivity contribution in [2.45, 2.75) is 6.54 Å². The minimum atomic E-state index is -0.0104. The average Bonchev–Trinajstić information content (AvgIpc) is 3.16.